The fourth-order valence-electron chi connectivity index (χ4n) is 5.87. The summed E-state index contributed by atoms with van der Waals surface area (Å²) in [4.78, 5) is 11.7. The first kappa shape index (κ1) is 25.0. The van der Waals surface area contributed by atoms with E-state index in [0.29, 0.717) is 18.9 Å². The van der Waals surface area contributed by atoms with Gasteiger partial charge in [-0.3, -0.25) is 0 Å². The molecule has 1 aliphatic heterocycles. The van der Waals surface area contributed by atoms with Crippen molar-refractivity contribution in [2.75, 3.05) is 31.2 Å². The van der Waals surface area contributed by atoms with Gasteiger partial charge in [-0.2, -0.15) is 5.10 Å². The van der Waals surface area contributed by atoms with Crippen LogP contribution in [-0.2, 0) is 10.3 Å². The Kier molecular flexibility index (Phi) is 6.41. The van der Waals surface area contributed by atoms with E-state index in [1.807, 2.05) is 35.1 Å². The molecule has 0 aliphatic carbocycles. The Morgan fingerprint density at radius 1 is 0.707 bits per heavy atom. The van der Waals surface area contributed by atoms with Crippen molar-refractivity contribution in [2.45, 2.75) is 5.54 Å². The second kappa shape index (κ2) is 10.5. The largest absolute Gasteiger partial charge is 0.506 e. The summed E-state index contributed by atoms with van der Waals surface area (Å²) >= 11 is 0. The van der Waals surface area contributed by atoms with Gasteiger partial charge in [-0.05, 0) is 34.9 Å². The summed E-state index contributed by atoms with van der Waals surface area (Å²) in [5.41, 5.74) is 4.60. The van der Waals surface area contributed by atoms with Gasteiger partial charge < -0.3 is 14.7 Å². The molecule has 4 heterocycles. The third kappa shape index (κ3) is 4.31. The number of anilines is 1. The minimum Gasteiger partial charge on any atom is -0.506 e. The van der Waals surface area contributed by atoms with Crippen LogP contribution in [0.1, 0.15) is 16.7 Å². The normalized spacial score (nSPS) is 13.9. The van der Waals surface area contributed by atoms with E-state index in [2.05, 4.69) is 88.7 Å². The molecule has 3 aromatic carbocycles. The van der Waals surface area contributed by atoms with Crippen LogP contribution in [0.5, 0.6) is 5.75 Å². The molecule has 0 radical (unpaired) electrons. The molecule has 1 N–H and O–H groups in total. The molecular weight excluding hydrogens is 510 g/mol. The number of rotatable bonds is 6. The van der Waals surface area contributed by atoms with Gasteiger partial charge in [0.2, 0.25) is 0 Å². The molecule has 0 saturated carbocycles. The Morgan fingerprint density at radius 2 is 1.29 bits per heavy atom. The molecule has 1 saturated heterocycles. The molecule has 7 nitrogen and oxygen atoms in total. The molecule has 0 unspecified atom stereocenters. The molecule has 0 amide bonds. The highest BCUT2D eigenvalue weighted by Gasteiger charge is 2.41. The summed E-state index contributed by atoms with van der Waals surface area (Å²) in [5, 5.41) is 16.7. The maximum absolute atomic E-state index is 10.6. The molecule has 202 valence electrons. The molecule has 7 rings (SSSR count). The molecule has 6 aromatic rings. The van der Waals surface area contributed by atoms with E-state index >= 15 is 0 Å². The summed E-state index contributed by atoms with van der Waals surface area (Å²) in [6.45, 7) is 2.92. The fraction of sp³-hybridized carbons (Fsp3) is 0.147. The predicted octanol–water partition coefficient (Wildman–Crippen LogP) is 5.88. The van der Waals surface area contributed by atoms with Gasteiger partial charge in [0.05, 0.1) is 24.8 Å². The number of benzene rings is 3. The van der Waals surface area contributed by atoms with Crippen molar-refractivity contribution in [1.82, 2.24) is 19.7 Å². The molecule has 41 heavy (non-hydrogen) atoms. The minimum absolute atomic E-state index is 0.0884. The second-order valence-corrected chi connectivity index (χ2v) is 10.1. The standard InChI is InChI=1S/C34H29N5O2/c40-29-23-30-32(25-16-17-35-31(22-25)38-18-20-41-21-19-38)37-39(33(30)36-24-29)34(26-10-4-1-5-11-26,27-12-6-2-7-13-27)28-14-8-3-9-15-28/h1-17,22-24,40H,18-21H2. The molecule has 0 spiro atoms. The van der Waals surface area contributed by atoms with Crippen molar-refractivity contribution < 1.29 is 9.84 Å². The van der Waals surface area contributed by atoms with E-state index in [0.717, 1.165) is 52.2 Å². The predicted molar refractivity (Wildman–Crippen MR) is 160 cm³/mol. The average Bonchev–Trinajstić information content (AvgIpc) is 3.42. The van der Waals surface area contributed by atoms with Crippen LogP contribution in [-0.4, -0.2) is 51.2 Å². The van der Waals surface area contributed by atoms with Crippen LogP contribution in [0.2, 0.25) is 0 Å². The van der Waals surface area contributed by atoms with Crippen molar-refractivity contribution in [1.29, 1.82) is 0 Å². The molecule has 1 fully saturated rings. The molecule has 3 aromatic heterocycles. The van der Waals surface area contributed by atoms with E-state index in [1.165, 1.54) is 6.20 Å². The summed E-state index contributed by atoms with van der Waals surface area (Å²) in [7, 11) is 0. The van der Waals surface area contributed by atoms with Gasteiger partial charge in [-0.1, -0.05) is 91.0 Å². The fourth-order valence-corrected chi connectivity index (χ4v) is 5.87. The SMILES string of the molecule is Oc1cnc2c(c1)c(-c1ccnc(N3CCOCC3)c1)nn2C(c1ccccc1)(c1ccccc1)c1ccccc1. The maximum atomic E-state index is 10.6. The van der Waals surface area contributed by atoms with Crippen LogP contribution in [0, 0.1) is 0 Å². The van der Waals surface area contributed by atoms with E-state index in [1.54, 1.807) is 6.07 Å². The smallest absolute Gasteiger partial charge is 0.160 e. The lowest BCUT2D eigenvalue weighted by molar-refractivity contribution is 0.122. The van der Waals surface area contributed by atoms with Gasteiger partial charge >= 0.3 is 0 Å². The lowest BCUT2D eigenvalue weighted by Crippen LogP contribution is -2.38. The van der Waals surface area contributed by atoms with Crippen molar-refractivity contribution in [3.63, 3.8) is 0 Å². The number of pyridine rings is 2. The molecule has 0 atom stereocenters. The first-order chi connectivity index (χ1) is 20.2. The van der Waals surface area contributed by atoms with Crippen molar-refractivity contribution in [2.24, 2.45) is 0 Å². The number of hydrogen-bond acceptors (Lipinski definition) is 6. The Labute approximate surface area is 238 Å². The third-order valence-corrected chi connectivity index (χ3v) is 7.75. The van der Waals surface area contributed by atoms with Crippen LogP contribution in [0.25, 0.3) is 22.3 Å². The molecule has 7 heteroatoms. The van der Waals surface area contributed by atoms with Gasteiger partial charge in [-0.25, -0.2) is 14.6 Å². The zero-order valence-corrected chi connectivity index (χ0v) is 22.5. The highest BCUT2D eigenvalue weighted by Crippen LogP contribution is 2.44. The molecular formula is C34H29N5O2. The first-order valence-corrected chi connectivity index (χ1v) is 13.8. The summed E-state index contributed by atoms with van der Waals surface area (Å²) in [5.74, 6) is 0.965. The Hall–Kier alpha value is -5.01. The first-order valence-electron chi connectivity index (χ1n) is 13.8. The van der Waals surface area contributed by atoms with E-state index in [9.17, 15) is 5.11 Å². The zero-order valence-electron chi connectivity index (χ0n) is 22.5. The summed E-state index contributed by atoms with van der Waals surface area (Å²) in [6, 6.07) is 37.0. The number of morpholine rings is 1. The van der Waals surface area contributed by atoms with Crippen LogP contribution in [0.4, 0.5) is 5.82 Å². The van der Waals surface area contributed by atoms with Gasteiger partial charge in [0.25, 0.3) is 0 Å². The van der Waals surface area contributed by atoms with Crippen LogP contribution in [0.15, 0.2) is 122 Å². The number of fused-ring (bicyclic) bond motifs is 1. The maximum Gasteiger partial charge on any atom is 0.160 e. The number of nitrogens with zero attached hydrogens (tertiary/aromatic N) is 5. The van der Waals surface area contributed by atoms with Crippen molar-refractivity contribution in [3.8, 4) is 17.0 Å². The quantitative estimate of drug-likeness (QED) is 0.267. The lowest BCUT2D eigenvalue weighted by Gasteiger charge is -2.36. The van der Waals surface area contributed by atoms with Crippen LogP contribution >= 0.6 is 0 Å². The summed E-state index contributed by atoms with van der Waals surface area (Å²) < 4.78 is 7.57. The van der Waals surface area contributed by atoms with Crippen LogP contribution < -0.4 is 4.90 Å². The highest BCUT2D eigenvalue weighted by molar-refractivity contribution is 5.93. The van der Waals surface area contributed by atoms with Gasteiger partial charge in [-0.15, -0.1) is 0 Å². The van der Waals surface area contributed by atoms with E-state index in [-0.39, 0.29) is 5.75 Å². The van der Waals surface area contributed by atoms with Gasteiger partial charge in [0.15, 0.2) is 5.65 Å². The number of ether oxygens (including phenoxy) is 1. The third-order valence-electron chi connectivity index (χ3n) is 7.75. The topological polar surface area (TPSA) is 76.3 Å². The number of aromatic hydroxyl groups is 1. The van der Waals surface area contributed by atoms with Crippen molar-refractivity contribution in [3.05, 3.63) is 138 Å². The average molecular weight is 540 g/mol. The van der Waals surface area contributed by atoms with Crippen LogP contribution in [0.3, 0.4) is 0 Å². The van der Waals surface area contributed by atoms with E-state index < -0.39 is 5.54 Å². The Morgan fingerprint density at radius 3 is 1.88 bits per heavy atom. The lowest BCUT2D eigenvalue weighted by atomic mass is 9.77. The van der Waals surface area contributed by atoms with E-state index in [4.69, 9.17) is 14.8 Å². The second-order valence-electron chi connectivity index (χ2n) is 10.1. The molecule has 0 bridgehead atoms. The Balaban J connectivity index is 1.54. The van der Waals surface area contributed by atoms with Gasteiger partial charge in [0, 0.05) is 24.8 Å². The Bertz CT molecular complexity index is 1690. The van der Waals surface area contributed by atoms with Gasteiger partial charge in [0.1, 0.15) is 22.8 Å². The zero-order chi connectivity index (χ0) is 27.6. The number of hydrogen-bond donors (Lipinski definition) is 1. The minimum atomic E-state index is -0.843. The highest BCUT2D eigenvalue weighted by atomic mass is 16.5. The number of aromatic nitrogens is 4. The molecule has 1 aliphatic rings. The monoisotopic (exact) mass is 539 g/mol. The summed E-state index contributed by atoms with van der Waals surface area (Å²) in [6.07, 6.45) is 3.31. The van der Waals surface area contributed by atoms with Crippen molar-refractivity contribution >= 4 is 16.9 Å².